The van der Waals surface area contributed by atoms with E-state index in [1.165, 1.54) is 11.3 Å². The van der Waals surface area contributed by atoms with Crippen molar-refractivity contribution in [3.8, 4) is 0 Å². The van der Waals surface area contributed by atoms with E-state index in [-0.39, 0.29) is 17.6 Å². The van der Waals surface area contributed by atoms with Crippen molar-refractivity contribution in [3.05, 3.63) is 10.9 Å². The maximum absolute atomic E-state index is 12.2. The molecule has 0 radical (unpaired) electrons. The average molecular weight is 379 g/mol. The topological polar surface area (TPSA) is 122 Å². The molecule has 1 amide bonds. The molecule has 140 valence electrons. The second-order valence-electron chi connectivity index (χ2n) is 6.99. The third kappa shape index (κ3) is 3.64. The number of nitrogens with two attached hydrogens (primary N) is 1. The third-order valence-electron chi connectivity index (χ3n) is 3.89. The highest BCUT2D eigenvalue weighted by molar-refractivity contribution is 7.17. The van der Waals surface area contributed by atoms with Gasteiger partial charge in [0.1, 0.15) is 16.2 Å². The minimum atomic E-state index is -1.03. The number of piperazine rings is 1. The molecule has 1 aliphatic heterocycles. The summed E-state index contributed by atoms with van der Waals surface area (Å²) in [6.45, 7) is 7.38. The number of carboxylic acids is 1. The Hall–Kier alpha value is -2.62. The quantitative estimate of drug-likeness (QED) is 0.813. The zero-order valence-corrected chi connectivity index (χ0v) is 15.7. The highest BCUT2D eigenvalue weighted by Crippen LogP contribution is 2.33. The van der Waals surface area contributed by atoms with E-state index in [0.717, 1.165) is 0 Å². The van der Waals surface area contributed by atoms with E-state index in [9.17, 15) is 14.7 Å². The molecule has 0 atom stereocenters. The maximum atomic E-state index is 12.2. The fraction of sp³-hybridized carbons (Fsp3) is 0.500. The molecule has 3 N–H and O–H groups in total. The fourth-order valence-electron chi connectivity index (χ4n) is 2.75. The van der Waals surface area contributed by atoms with Crippen LogP contribution in [0.4, 0.5) is 16.6 Å². The van der Waals surface area contributed by atoms with E-state index in [0.29, 0.717) is 42.2 Å². The van der Waals surface area contributed by atoms with Crippen LogP contribution in [0.15, 0.2) is 5.38 Å². The Morgan fingerprint density at radius 2 is 1.88 bits per heavy atom. The zero-order valence-electron chi connectivity index (χ0n) is 14.9. The van der Waals surface area contributed by atoms with Gasteiger partial charge in [-0.25, -0.2) is 14.6 Å². The van der Waals surface area contributed by atoms with E-state index in [2.05, 4.69) is 9.97 Å². The molecular weight excluding hydrogens is 358 g/mol. The van der Waals surface area contributed by atoms with E-state index in [4.69, 9.17) is 10.5 Å². The van der Waals surface area contributed by atoms with Crippen molar-refractivity contribution < 1.29 is 19.4 Å². The Bertz CT molecular complexity index is 852. The molecule has 1 saturated heterocycles. The second-order valence-corrected chi connectivity index (χ2v) is 7.85. The van der Waals surface area contributed by atoms with Crippen LogP contribution in [0.5, 0.6) is 0 Å². The lowest BCUT2D eigenvalue weighted by atomic mass is 10.2. The highest BCUT2D eigenvalue weighted by atomic mass is 32.1. The summed E-state index contributed by atoms with van der Waals surface area (Å²) < 4.78 is 5.39. The third-order valence-corrected chi connectivity index (χ3v) is 4.77. The van der Waals surface area contributed by atoms with Crippen molar-refractivity contribution >= 4 is 45.4 Å². The molecule has 0 bridgehead atoms. The molecule has 2 aromatic rings. The van der Waals surface area contributed by atoms with Crippen LogP contribution in [0.2, 0.25) is 0 Å². The first-order valence-corrected chi connectivity index (χ1v) is 9.04. The Morgan fingerprint density at radius 3 is 2.46 bits per heavy atom. The van der Waals surface area contributed by atoms with Crippen LogP contribution in [-0.4, -0.2) is 63.8 Å². The van der Waals surface area contributed by atoms with Gasteiger partial charge in [0.15, 0.2) is 0 Å². The van der Waals surface area contributed by atoms with Crippen molar-refractivity contribution in [2.75, 3.05) is 36.8 Å². The van der Waals surface area contributed by atoms with E-state index in [1.54, 1.807) is 10.3 Å². The number of aromatic carboxylic acids is 1. The number of hydrogen-bond acceptors (Lipinski definition) is 8. The summed E-state index contributed by atoms with van der Waals surface area (Å²) >= 11 is 1.22. The molecular formula is C16H21N5O4S. The molecule has 1 fully saturated rings. The molecule has 1 aliphatic rings. The van der Waals surface area contributed by atoms with Crippen LogP contribution < -0.4 is 10.6 Å². The van der Waals surface area contributed by atoms with Crippen LogP contribution in [0.3, 0.4) is 0 Å². The molecule has 3 rings (SSSR count). The smallest absolute Gasteiger partial charge is 0.410 e. The van der Waals surface area contributed by atoms with Gasteiger partial charge in [0.2, 0.25) is 5.95 Å². The normalized spacial score (nSPS) is 15.3. The van der Waals surface area contributed by atoms with Gasteiger partial charge >= 0.3 is 12.1 Å². The Balaban J connectivity index is 1.82. The van der Waals surface area contributed by atoms with Crippen LogP contribution >= 0.6 is 11.3 Å². The molecule has 0 spiro atoms. The fourth-order valence-corrected chi connectivity index (χ4v) is 3.67. The number of nitrogen functional groups attached to an aromatic ring is 1. The van der Waals surface area contributed by atoms with Gasteiger partial charge < -0.3 is 25.4 Å². The van der Waals surface area contributed by atoms with Crippen LogP contribution in [0.25, 0.3) is 10.2 Å². The van der Waals surface area contributed by atoms with Crippen molar-refractivity contribution in [1.82, 2.24) is 14.9 Å². The molecule has 0 saturated carbocycles. The number of rotatable bonds is 2. The van der Waals surface area contributed by atoms with Crippen molar-refractivity contribution in [3.63, 3.8) is 0 Å². The number of fused-ring (bicyclic) bond motifs is 1. The van der Waals surface area contributed by atoms with Gasteiger partial charge in [-0.1, -0.05) is 0 Å². The number of thiophene rings is 1. The van der Waals surface area contributed by atoms with Crippen LogP contribution in [0, 0.1) is 0 Å². The van der Waals surface area contributed by atoms with E-state index in [1.807, 2.05) is 25.7 Å². The number of carbonyl (C=O) groups is 2. The van der Waals surface area contributed by atoms with Gasteiger partial charge in [-0.2, -0.15) is 4.98 Å². The van der Waals surface area contributed by atoms with E-state index >= 15 is 0 Å². The SMILES string of the molecule is CC(C)(C)OC(=O)N1CCN(c2nc(N)nc3scc(C(=O)O)c23)CC1. The summed E-state index contributed by atoms with van der Waals surface area (Å²) in [4.78, 5) is 36.2. The number of aromatic nitrogens is 2. The Labute approximate surface area is 154 Å². The molecule has 0 aromatic carbocycles. The summed E-state index contributed by atoms with van der Waals surface area (Å²) in [5.74, 6) is -0.436. The van der Waals surface area contributed by atoms with Gasteiger partial charge in [-0.15, -0.1) is 11.3 Å². The Morgan fingerprint density at radius 1 is 1.23 bits per heavy atom. The minimum absolute atomic E-state index is 0.0980. The summed E-state index contributed by atoms with van der Waals surface area (Å²) in [5, 5.41) is 11.5. The summed E-state index contributed by atoms with van der Waals surface area (Å²) in [6.07, 6.45) is -0.355. The number of nitrogens with zero attached hydrogens (tertiary/aromatic N) is 4. The van der Waals surface area contributed by atoms with Gasteiger partial charge in [-0.05, 0) is 20.8 Å². The van der Waals surface area contributed by atoms with Crippen LogP contribution in [-0.2, 0) is 4.74 Å². The summed E-state index contributed by atoms with van der Waals surface area (Å²) in [7, 11) is 0. The maximum Gasteiger partial charge on any atom is 0.410 e. The van der Waals surface area contributed by atoms with Gasteiger partial charge in [0.25, 0.3) is 0 Å². The monoisotopic (exact) mass is 379 g/mol. The highest BCUT2D eigenvalue weighted by Gasteiger charge is 2.28. The van der Waals surface area contributed by atoms with Gasteiger partial charge in [0.05, 0.1) is 10.9 Å². The van der Waals surface area contributed by atoms with Gasteiger partial charge in [-0.3, -0.25) is 0 Å². The predicted octanol–water partition coefficient (Wildman–Crippen LogP) is 2.03. The molecule has 3 heterocycles. The molecule has 2 aromatic heterocycles. The van der Waals surface area contributed by atoms with Crippen molar-refractivity contribution in [2.24, 2.45) is 0 Å². The average Bonchev–Trinajstić information content (AvgIpc) is 2.96. The minimum Gasteiger partial charge on any atom is -0.478 e. The van der Waals surface area contributed by atoms with Crippen molar-refractivity contribution in [2.45, 2.75) is 26.4 Å². The van der Waals surface area contributed by atoms with Gasteiger partial charge in [0, 0.05) is 31.6 Å². The lowest BCUT2D eigenvalue weighted by Gasteiger charge is -2.36. The Kier molecular flexibility index (Phi) is 4.61. The number of carbonyl (C=O) groups excluding carboxylic acids is 1. The summed E-state index contributed by atoms with van der Waals surface area (Å²) in [5.41, 5.74) is 5.40. The van der Waals surface area contributed by atoms with E-state index < -0.39 is 11.6 Å². The zero-order chi connectivity index (χ0) is 19.1. The molecule has 9 nitrogen and oxygen atoms in total. The lowest BCUT2D eigenvalue weighted by molar-refractivity contribution is 0.0240. The number of carboxylic acid groups (broad SMARTS) is 1. The molecule has 26 heavy (non-hydrogen) atoms. The van der Waals surface area contributed by atoms with Crippen LogP contribution in [0.1, 0.15) is 31.1 Å². The first-order chi connectivity index (χ1) is 12.2. The largest absolute Gasteiger partial charge is 0.478 e. The summed E-state index contributed by atoms with van der Waals surface area (Å²) in [6, 6.07) is 0. The molecule has 0 aliphatic carbocycles. The number of ether oxygens (including phenoxy) is 1. The second kappa shape index (κ2) is 6.60. The lowest BCUT2D eigenvalue weighted by Crippen LogP contribution is -2.50. The molecule has 10 heteroatoms. The number of anilines is 2. The first-order valence-electron chi connectivity index (χ1n) is 8.16. The van der Waals surface area contributed by atoms with Crippen molar-refractivity contribution in [1.29, 1.82) is 0 Å². The number of hydrogen-bond donors (Lipinski definition) is 2. The standard InChI is InChI=1S/C16H21N5O4S/c1-16(2,3)25-15(24)21-6-4-20(5-7-21)11-10-9(13(22)23)8-26-12(10)19-14(17)18-11/h8H,4-7H2,1-3H3,(H,22,23)(H2,17,18,19). The first kappa shape index (κ1) is 18.2. The number of amides is 1. The molecule has 0 unspecified atom stereocenters. The predicted molar refractivity (Wildman–Crippen MR) is 98.8 cm³/mol.